The zero-order valence-electron chi connectivity index (χ0n) is 26.0. The lowest BCUT2D eigenvalue weighted by Crippen LogP contribution is -2.29. The zero-order valence-corrected chi connectivity index (χ0v) is 26.0. The molecule has 5 nitrogen and oxygen atoms in total. The number of para-hydroxylation sites is 2. The van der Waals surface area contributed by atoms with E-state index < -0.39 is 0 Å². The van der Waals surface area contributed by atoms with Gasteiger partial charge in [-0.3, -0.25) is 10.2 Å². The maximum Gasteiger partial charge on any atom is 0.233 e. The maximum atomic E-state index is 11.5. The fourth-order valence-corrected chi connectivity index (χ4v) is 7.00. The molecular weight excluding hydrogens is 516 g/mol. The van der Waals surface area contributed by atoms with Crippen LogP contribution < -0.4 is 16.2 Å². The van der Waals surface area contributed by atoms with Crippen molar-refractivity contribution < 1.29 is 9.37 Å². The molecule has 0 unspecified atom stereocenters. The summed E-state index contributed by atoms with van der Waals surface area (Å²) in [7, 11) is 2.18. The third-order valence-corrected chi connectivity index (χ3v) is 9.40. The fourth-order valence-electron chi connectivity index (χ4n) is 7.00. The Labute approximate surface area is 252 Å². The summed E-state index contributed by atoms with van der Waals surface area (Å²) < 4.78 is 2.35. The van der Waals surface area contributed by atoms with Gasteiger partial charge in [-0.25, -0.2) is 5.84 Å². The summed E-state index contributed by atoms with van der Waals surface area (Å²) in [5.74, 6) is 5.15. The van der Waals surface area contributed by atoms with Crippen molar-refractivity contribution in [3.8, 4) is 0 Å². The summed E-state index contributed by atoms with van der Waals surface area (Å²) in [6.07, 6.45) is 18.5. The molecule has 220 valence electrons. The Morgan fingerprint density at radius 3 is 2.43 bits per heavy atom. The van der Waals surface area contributed by atoms with Crippen molar-refractivity contribution in [2.24, 2.45) is 5.84 Å². The molecule has 5 rings (SSSR count). The van der Waals surface area contributed by atoms with Crippen LogP contribution in [0.15, 0.2) is 95.8 Å². The lowest BCUT2D eigenvalue weighted by Gasteiger charge is -2.27. The monoisotopic (exact) mass is 563 g/mol. The van der Waals surface area contributed by atoms with Crippen LogP contribution in [0.5, 0.6) is 0 Å². The molecule has 0 radical (unpaired) electrons. The number of carbonyl (C=O) groups excluding carboxylic acids is 1. The van der Waals surface area contributed by atoms with E-state index in [1.165, 1.54) is 51.5 Å². The van der Waals surface area contributed by atoms with E-state index in [9.17, 15) is 4.79 Å². The van der Waals surface area contributed by atoms with Gasteiger partial charge in [0.05, 0.1) is 5.41 Å². The molecule has 0 bridgehead atoms. The van der Waals surface area contributed by atoms with E-state index in [1.54, 1.807) is 0 Å². The molecule has 42 heavy (non-hydrogen) atoms. The summed E-state index contributed by atoms with van der Waals surface area (Å²) in [5, 5.41) is 0. The highest BCUT2D eigenvalue weighted by molar-refractivity contribution is 6.03. The smallest absolute Gasteiger partial charge is 0.233 e. The van der Waals surface area contributed by atoms with Crippen LogP contribution in [-0.4, -0.2) is 29.8 Å². The van der Waals surface area contributed by atoms with Gasteiger partial charge in [0.25, 0.3) is 0 Å². The van der Waals surface area contributed by atoms with E-state index in [0.29, 0.717) is 6.42 Å². The second kappa shape index (κ2) is 12.3. The van der Waals surface area contributed by atoms with Crippen LogP contribution in [-0.2, 0) is 15.6 Å². The topological polar surface area (TPSA) is 61.4 Å². The molecule has 0 saturated carbocycles. The number of amides is 1. The highest BCUT2D eigenvalue weighted by Gasteiger charge is 2.42. The van der Waals surface area contributed by atoms with Gasteiger partial charge >= 0.3 is 0 Å². The minimum Gasteiger partial charge on any atom is -0.344 e. The van der Waals surface area contributed by atoms with Gasteiger partial charge in [0.2, 0.25) is 11.6 Å². The molecule has 0 aromatic heterocycles. The molecule has 2 aromatic rings. The molecule has 3 N–H and O–H groups in total. The molecule has 3 aliphatic rings. The molecule has 0 atom stereocenters. The number of nitrogens with zero attached hydrogens (tertiary/aromatic N) is 2. The van der Waals surface area contributed by atoms with E-state index in [4.69, 9.17) is 5.84 Å². The van der Waals surface area contributed by atoms with Crippen molar-refractivity contribution >= 4 is 23.0 Å². The molecular formula is C37H47N4O+. The number of carbonyl (C=O) groups is 1. The van der Waals surface area contributed by atoms with Crippen molar-refractivity contribution in [3.63, 3.8) is 0 Å². The van der Waals surface area contributed by atoms with Gasteiger partial charge in [-0.15, -0.1) is 0 Å². The molecule has 0 spiro atoms. The van der Waals surface area contributed by atoms with Crippen LogP contribution in [0.4, 0.5) is 11.4 Å². The molecule has 5 heteroatoms. The van der Waals surface area contributed by atoms with Crippen LogP contribution in [0.25, 0.3) is 0 Å². The normalized spacial score (nSPS) is 20.8. The molecule has 1 amide bonds. The number of hydrogen-bond acceptors (Lipinski definition) is 3. The second-order valence-corrected chi connectivity index (χ2v) is 13.0. The van der Waals surface area contributed by atoms with Crippen molar-refractivity contribution in [3.05, 3.63) is 107 Å². The number of hydrazine groups is 1. The SMILES string of the molecule is C[N+]1=C(C=CC2=CC(=CC=C3N(CCCCCC(=O)NN)c4ccccc4C3(C)C)CCC2)C(C)(C)c2ccccc21. The van der Waals surface area contributed by atoms with E-state index in [0.717, 1.165) is 38.6 Å². The maximum absolute atomic E-state index is 11.5. The molecule has 0 saturated heterocycles. The van der Waals surface area contributed by atoms with Crippen LogP contribution >= 0.6 is 0 Å². The first-order valence-corrected chi connectivity index (χ1v) is 15.5. The van der Waals surface area contributed by atoms with E-state index in [-0.39, 0.29) is 16.7 Å². The number of nitrogens with one attached hydrogen (secondary N) is 1. The summed E-state index contributed by atoms with van der Waals surface area (Å²) in [6, 6.07) is 17.5. The van der Waals surface area contributed by atoms with E-state index >= 15 is 0 Å². The van der Waals surface area contributed by atoms with Gasteiger partial charge in [-0.05, 0) is 74.8 Å². The molecule has 2 aliphatic heterocycles. The minimum absolute atomic E-state index is 0.0104. The fraction of sp³-hybridized carbons (Fsp3) is 0.405. The number of rotatable bonds is 9. The van der Waals surface area contributed by atoms with Crippen molar-refractivity contribution in [2.75, 3.05) is 18.5 Å². The van der Waals surface area contributed by atoms with Gasteiger partial charge in [-0.2, -0.15) is 4.58 Å². The molecule has 2 heterocycles. The standard InChI is InChI=1S/C37H46N4O/c1-36(2)29-16-8-10-18-31(29)40(5)33(36)23-21-27-14-13-15-28(26-27)22-24-34-37(3,4)30-17-9-11-19-32(30)41(34)25-12-6-7-20-35(42)39-38/h8-11,16-19,21-24,26H,6-7,12-15,20,25,38H2,1-5H3/p+1. The highest BCUT2D eigenvalue weighted by atomic mass is 16.2. The lowest BCUT2D eigenvalue weighted by atomic mass is 9.81. The Kier molecular flexibility index (Phi) is 8.70. The Balaban J connectivity index is 1.36. The summed E-state index contributed by atoms with van der Waals surface area (Å²) in [6.45, 7) is 10.3. The number of unbranched alkanes of at least 4 members (excludes halogenated alkanes) is 2. The quantitative estimate of drug-likeness (QED) is 0.109. The number of allylic oxidation sites excluding steroid dienone is 8. The Morgan fingerprint density at radius 1 is 0.929 bits per heavy atom. The van der Waals surface area contributed by atoms with Crippen molar-refractivity contribution in [1.29, 1.82) is 0 Å². The molecule has 0 fully saturated rings. The minimum atomic E-state index is -0.0905. The summed E-state index contributed by atoms with van der Waals surface area (Å²) >= 11 is 0. The van der Waals surface area contributed by atoms with Gasteiger partial charge in [0, 0.05) is 47.5 Å². The number of benzene rings is 2. The first-order chi connectivity index (χ1) is 20.1. The summed E-state index contributed by atoms with van der Waals surface area (Å²) in [4.78, 5) is 14.0. The lowest BCUT2D eigenvalue weighted by molar-refractivity contribution is -0.401. The largest absolute Gasteiger partial charge is 0.344 e. The highest BCUT2D eigenvalue weighted by Crippen LogP contribution is 2.48. The van der Waals surface area contributed by atoms with Crippen LogP contribution in [0, 0.1) is 0 Å². The second-order valence-electron chi connectivity index (χ2n) is 13.0. The van der Waals surface area contributed by atoms with Gasteiger partial charge in [-0.1, -0.05) is 74.9 Å². The van der Waals surface area contributed by atoms with Gasteiger partial charge in [0.15, 0.2) is 5.71 Å². The Hall–Kier alpha value is -3.70. The van der Waals surface area contributed by atoms with Crippen molar-refractivity contribution in [1.82, 2.24) is 5.43 Å². The summed E-state index contributed by atoms with van der Waals surface area (Å²) in [5.41, 5.74) is 13.0. The molecule has 1 aliphatic carbocycles. The zero-order chi connectivity index (χ0) is 29.9. The first-order valence-electron chi connectivity index (χ1n) is 15.5. The number of hydrogen-bond donors (Lipinski definition) is 2. The average molecular weight is 564 g/mol. The molecule has 2 aromatic carbocycles. The van der Waals surface area contributed by atoms with E-state index in [1.807, 2.05) is 0 Å². The third kappa shape index (κ3) is 5.80. The number of nitrogens with two attached hydrogens (primary N) is 1. The first kappa shape index (κ1) is 29.8. The third-order valence-electron chi connectivity index (χ3n) is 9.40. The van der Waals surface area contributed by atoms with E-state index in [2.05, 4.69) is 129 Å². The average Bonchev–Trinajstić information content (AvgIpc) is 3.32. The number of anilines is 1. The Morgan fingerprint density at radius 2 is 1.67 bits per heavy atom. The Bertz CT molecular complexity index is 1500. The van der Waals surface area contributed by atoms with Gasteiger partial charge < -0.3 is 4.90 Å². The van der Waals surface area contributed by atoms with Crippen LogP contribution in [0.3, 0.4) is 0 Å². The van der Waals surface area contributed by atoms with Crippen molar-refractivity contribution in [2.45, 2.75) is 83.5 Å². The van der Waals surface area contributed by atoms with Gasteiger partial charge in [0.1, 0.15) is 7.05 Å². The van der Waals surface area contributed by atoms with Crippen LogP contribution in [0.1, 0.15) is 83.8 Å². The predicted octanol–water partition coefficient (Wildman–Crippen LogP) is 7.52. The predicted molar refractivity (Wildman–Crippen MR) is 175 cm³/mol. The number of fused-ring (bicyclic) bond motifs is 2. The van der Waals surface area contributed by atoms with Crippen LogP contribution in [0.2, 0.25) is 0 Å².